The summed E-state index contributed by atoms with van der Waals surface area (Å²) in [6.07, 6.45) is 1.68. The molecule has 2 N–H and O–H groups in total. The number of carbonyl (C=O) groups excluding carboxylic acids is 2. The van der Waals surface area contributed by atoms with Crippen LogP contribution in [0.1, 0.15) is 39.1 Å². The third-order valence-electron chi connectivity index (χ3n) is 5.24. The number of urea groups is 1. The van der Waals surface area contributed by atoms with Gasteiger partial charge in [-0.1, -0.05) is 29.0 Å². The molecule has 0 spiro atoms. The number of nitrogens with one attached hydrogen (secondary N) is 2. The van der Waals surface area contributed by atoms with Gasteiger partial charge >= 0.3 is 6.03 Å². The summed E-state index contributed by atoms with van der Waals surface area (Å²) in [5.74, 6) is -0.778. The number of hydrogen-bond acceptors (Lipinski definition) is 5. The fourth-order valence-electron chi connectivity index (χ4n) is 3.50. The Morgan fingerprint density at radius 1 is 1.16 bits per heavy atom. The van der Waals surface area contributed by atoms with Gasteiger partial charge in [0.2, 0.25) is 5.01 Å². The van der Waals surface area contributed by atoms with Crippen LogP contribution in [0.5, 0.6) is 0 Å². The molecule has 2 heterocycles. The second kappa shape index (κ2) is 9.62. The number of carbonyl (C=O) groups is 2. The molecule has 0 unspecified atom stereocenters. The Hall–Kier alpha value is -3.04. The van der Waals surface area contributed by atoms with E-state index < -0.39 is 5.91 Å². The Morgan fingerprint density at radius 2 is 1.94 bits per heavy atom. The van der Waals surface area contributed by atoms with Gasteiger partial charge in [0.25, 0.3) is 5.91 Å². The third kappa shape index (κ3) is 5.23. The van der Waals surface area contributed by atoms with Gasteiger partial charge in [0.05, 0.1) is 0 Å². The zero-order valence-corrected chi connectivity index (χ0v) is 18.8. The topological polar surface area (TPSA) is 87.2 Å². The summed E-state index contributed by atoms with van der Waals surface area (Å²) in [4.78, 5) is 27.0. The molecule has 2 aromatic carbocycles. The van der Waals surface area contributed by atoms with Crippen LogP contribution in [0.2, 0.25) is 5.02 Å². The van der Waals surface area contributed by atoms with E-state index in [9.17, 15) is 14.0 Å². The van der Waals surface area contributed by atoms with Crippen LogP contribution in [-0.4, -0.2) is 40.1 Å². The summed E-state index contributed by atoms with van der Waals surface area (Å²) >= 11 is 7.25. The molecule has 0 radical (unpaired) electrons. The van der Waals surface area contributed by atoms with Crippen LogP contribution >= 0.6 is 22.9 Å². The molecule has 0 bridgehead atoms. The van der Waals surface area contributed by atoms with Crippen molar-refractivity contribution in [3.8, 4) is 0 Å². The molecule has 4 rings (SSSR count). The molecule has 1 aliphatic rings. The van der Waals surface area contributed by atoms with E-state index in [1.807, 2.05) is 13.0 Å². The summed E-state index contributed by atoms with van der Waals surface area (Å²) in [7, 11) is 0. The van der Waals surface area contributed by atoms with Crippen LogP contribution in [0.15, 0.2) is 42.5 Å². The maximum Gasteiger partial charge on any atom is 0.321 e. The Bertz CT molecular complexity index is 1140. The van der Waals surface area contributed by atoms with Crippen molar-refractivity contribution < 1.29 is 14.0 Å². The summed E-state index contributed by atoms with van der Waals surface area (Å²) < 4.78 is 13.0. The number of hydrogen-bond donors (Lipinski definition) is 2. The molecule has 7 nitrogen and oxygen atoms in total. The molecule has 3 aromatic rings. The van der Waals surface area contributed by atoms with Crippen LogP contribution < -0.4 is 10.6 Å². The normalized spacial score (nSPS) is 16.0. The first-order chi connectivity index (χ1) is 15.4. The molecule has 1 aromatic heterocycles. The van der Waals surface area contributed by atoms with E-state index in [2.05, 4.69) is 20.8 Å². The molecule has 1 saturated heterocycles. The lowest BCUT2D eigenvalue weighted by Crippen LogP contribution is -2.41. The van der Waals surface area contributed by atoms with E-state index in [1.54, 1.807) is 17.0 Å². The first kappa shape index (κ1) is 22.2. The number of nitrogens with zero attached hydrogens (tertiary/aromatic N) is 3. The summed E-state index contributed by atoms with van der Waals surface area (Å²) in [6, 6.07) is 10.7. The molecule has 1 atom stereocenters. The number of aromatic nitrogens is 2. The molecule has 0 aliphatic carbocycles. The highest BCUT2D eigenvalue weighted by Crippen LogP contribution is 2.30. The molecule has 166 valence electrons. The zero-order valence-electron chi connectivity index (χ0n) is 17.3. The van der Waals surface area contributed by atoms with Crippen LogP contribution in [0, 0.1) is 12.7 Å². The van der Waals surface area contributed by atoms with Crippen LogP contribution in [0.25, 0.3) is 0 Å². The largest absolute Gasteiger partial charge is 0.324 e. The zero-order chi connectivity index (χ0) is 22.7. The second-order valence-corrected chi connectivity index (χ2v) is 9.03. The molecule has 0 saturated carbocycles. The van der Waals surface area contributed by atoms with Gasteiger partial charge in [-0.15, -0.1) is 10.2 Å². The van der Waals surface area contributed by atoms with Crippen molar-refractivity contribution in [2.75, 3.05) is 23.7 Å². The van der Waals surface area contributed by atoms with Crippen molar-refractivity contribution in [2.45, 2.75) is 25.7 Å². The average Bonchev–Trinajstić information content (AvgIpc) is 3.28. The first-order valence-electron chi connectivity index (χ1n) is 10.1. The van der Waals surface area contributed by atoms with Crippen molar-refractivity contribution in [3.05, 3.63) is 68.9 Å². The highest BCUT2D eigenvalue weighted by Gasteiger charge is 2.28. The molecule has 1 aliphatic heterocycles. The number of aryl methyl sites for hydroxylation is 1. The van der Waals surface area contributed by atoms with E-state index in [0.717, 1.165) is 18.4 Å². The average molecular weight is 474 g/mol. The van der Waals surface area contributed by atoms with Crippen molar-refractivity contribution in [3.63, 3.8) is 0 Å². The summed E-state index contributed by atoms with van der Waals surface area (Å²) in [6.45, 7) is 3.03. The SMILES string of the molecule is Cc1ccc(Cl)cc1NC(=O)N1CCC[C@@H](c2nnc(C(=O)Nc3ccc(F)cc3)s2)C1. The van der Waals surface area contributed by atoms with Gasteiger partial charge in [-0.2, -0.15) is 0 Å². The highest BCUT2D eigenvalue weighted by molar-refractivity contribution is 7.13. The number of piperidine rings is 1. The Morgan fingerprint density at radius 3 is 2.72 bits per heavy atom. The minimum Gasteiger partial charge on any atom is -0.324 e. The third-order valence-corrected chi connectivity index (χ3v) is 6.56. The van der Waals surface area contributed by atoms with Crippen LogP contribution in [0.3, 0.4) is 0 Å². The Labute approximate surface area is 193 Å². The van der Waals surface area contributed by atoms with E-state index in [0.29, 0.717) is 34.5 Å². The van der Waals surface area contributed by atoms with E-state index in [1.165, 1.54) is 35.6 Å². The lowest BCUT2D eigenvalue weighted by Gasteiger charge is -2.31. The van der Waals surface area contributed by atoms with E-state index in [-0.39, 0.29) is 22.8 Å². The standard InChI is InChI=1S/C22H21ClFN5O2S/c1-13-4-5-15(23)11-18(13)26-22(31)29-10-2-3-14(12-29)20-27-28-21(32-20)19(30)25-17-8-6-16(24)7-9-17/h4-9,11,14H,2-3,10,12H2,1H3,(H,25,30)(H,26,31)/t14-/m1/s1. The first-order valence-corrected chi connectivity index (χ1v) is 11.3. The van der Waals surface area contributed by atoms with Gasteiger partial charge in [-0.3, -0.25) is 4.79 Å². The fraction of sp³-hybridized carbons (Fsp3) is 0.273. The minimum atomic E-state index is -0.401. The predicted octanol–water partition coefficient (Wildman–Crippen LogP) is 5.30. The van der Waals surface area contributed by atoms with Gasteiger partial charge in [0.15, 0.2) is 0 Å². The van der Waals surface area contributed by atoms with Gasteiger partial charge < -0.3 is 15.5 Å². The van der Waals surface area contributed by atoms with Crippen LogP contribution in [0.4, 0.5) is 20.6 Å². The highest BCUT2D eigenvalue weighted by atomic mass is 35.5. The van der Waals surface area contributed by atoms with Gasteiger partial charge in [-0.25, -0.2) is 9.18 Å². The number of likely N-dealkylation sites (tertiary alicyclic amines) is 1. The quantitative estimate of drug-likeness (QED) is 0.538. The maximum atomic E-state index is 13.0. The van der Waals surface area contributed by atoms with Crippen molar-refractivity contribution in [1.29, 1.82) is 0 Å². The van der Waals surface area contributed by atoms with E-state index in [4.69, 9.17) is 11.6 Å². The lowest BCUT2D eigenvalue weighted by molar-refractivity contribution is 0.102. The number of halogens is 2. The maximum absolute atomic E-state index is 13.0. The number of rotatable bonds is 4. The minimum absolute atomic E-state index is 0.000158. The number of amides is 3. The molecular weight excluding hydrogens is 453 g/mol. The molecular formula is C22H21ClFN5O2S. The predicted molar refractivity (Wildman–Crippen MR) is 123 cm³/mol. The number of benzene rings is 2. The van der Waals surface area contributed by atoms with Crippen molar-refractivity contribution in [2.24, 2.45) is 0 Å². The van der Waals surface area contributed by atoms with Gasteiger partial charge in [0.1, 0.15) is 10.8 Å². The molecule has 32 heavy (non-hydrogen) atoms. The van der Waals surface area contributed by atoms with Crippen LogP contribution in [-0.2, 0) is 0 Å². The second-order valence-electron chi connectivity index (χ2n) is 7.58. The van der Waals surface area contributed by atoms with Gasteiger partial charge in [-0.05, 0) is 61.7 Å². The molecule has 10 heteroatoms. The lowest BCUT2D eigenvalue weighted by atomic mass is 9.99. The Balaban J connectivity index is 1.39. The molecule has 1 fully saturated rings. The molecule has 3 amide bonds. The summed E-state index contributed by atoms with van der Waals surface area (Å²) in [5.41, 5.74) is 2.09. The monoisotopic (exact) mass is 473 g/mol. The van der Waals surface area contributed by atoms with E-state index >= 15 is 0 Å². The Kier molecular flexibility index (Phi) is 6.66. The van der Waals surface area contributed by atoms with Crippen molar-refractivity contribution in [1.82, 2.24) is 15.1 Å². The summed E-state index contributed by atoms with van der Waals surface area (Å²) in [5, 5.41) is 15.3. The van der Waals surface area contributed by atoms with Crippen molar-refractivity contribution >= 4 is 46.3 Å². The van der Waals surface area contributed by atoms with Gasteiger partial charge in [0, 0.05) is 35.4 Å². The fourth-order valence-corrected chi connectivity index (χ4v) is 4.53. The number of anilines is 2. The smallest absolute Gasteiger partial charge is 0.321 e.